The summed E-state index contributed by atoms with van der Waals surface area (Å²) >= 11 is 0. The van der Waals surface area contributed by atoms with Crippen molar-refractivity contribution in [1.82, 2.24) is 10.2 Å². The predicted molar refractivity (Wildman–Crippen MR) is 81.0 cm³/mol. The number of carboxylic acid groups (broad SMARTS) is 1. The van der Waals surface area contributed by atoms with E-state index in [9.17, 15) is 9.59 Å². The molecule has 0 aromatic rings. The third-order valence-corrected chi connectivity index (χ3v) is 4.89. The number of hydrogen-bond acceptors (Lipinski definition) is 2. The Labute approximate surface area is 126 Å². The summed E-state index contributed by atoms with van der Waals surface area (Å²) in [5.41, 5.74) is 0.386. The van der Waals surface area contributed by atoms with Gasteiger partial charge in [0.25, 0.3) is 0 Å². The Morgan fingerprint density at radius 2 is 1.86 bits per heavy atom. The third kappa shape index (κ3) is 3.99. The first-order chi connectivity index (χ1) is 9.78. The van der Waals surface area contributed by atoms with Crippen molar-refractivity contribution in [2.24, 2.45) is 11.3 Å². The normalized spacial score (nSPS) is 28.3. The summed E-state index contributed by atoms with van der Waals surface area (Å²) in [6.45, 7) is 4.55. The summed E-state index contributed by atoms with van der Waals surface area (Å²) in [5.74, 6) is -1.30. The largest absolute Gasteiger partial charge is 0.481 e. The van der Waals surface area contributed by atoms with Gasteiger partial charge in [0.1, 0.15) is 0 Å². The van der Waals surface area contributed by atoms with E-state index in [0.29, 0.717) is 17.9 Å². The van der Waals surface area contributed by atoms with Crippen LogP contribution >= 0.6 is 0 Å². The molecule has 1 fully saturated rings. The standard InChI is InChI=1S/C16H26N2O3/c1-16(2)8-6-13(7-9-16)18(3)15(21)17-12-5-4-11(10-12)14(19)20/h4-5,11-13H,6-10H2,1-3H3,(H,17,21)(H,19,20). The van der Waals surface area contributed by atoms with Crippen LogP contribution in [0.15, 0.2) is 12.2 Å². The first-order valence-electron chi connectivity index (χ1n) is 7.73. The summed E-state index contributed by atoms with van der Waals surface area (Å²) in [6.07, 6.45) is 8.25. The second-order valence-electron chi connectivity index (χ2n) is 7.13. The van der Waals surface area contributed by atoms with E-state index in [2.05, 4.69) is 19.2 Å². The van der Waals surface area contributed by atoms with Gasteiger partial charge in [-0.1, -0.05) is 26.0 Å². The lowest BCUT2D eigenvalue weighted by molar-refractivity contribution is -0.140. The van der Waals surface area contributed by atoms with Crippen LogP contribution in [0.3, 0.4) is 0 Å². The van der Waals surface area contributed by atoms with Crippen molar-refractivity contribution in [1.29, 1.82) is 0 Å². The van der Waals surface area contributed by atoms with E-state index >= 15 is 0 Å². The maximum absolute atomic E-state index is 12.3. The summed E-state index contributed by atoms with van der Waals surface area (Å²) in [4.78, 5) is 25.0. The Kier molecular flexibility index (Phi) is 4.59. The van der Waals surface area contributed by atoms with Crippen molar-refractivity contribution in [3.05, 3.63) is 12.2 Å². The van der Waals surface area contributed by atoms with E-state index in [4.69, 9.17) is 5.11 Å². The van der Waals surface area contributed by atoms with Gasteiger partial charge in [0.2, 0.25) is 0 Å². The Morgan fingerprint density at radius 3 is 2.38 bits per heavy atom. The van der Waals surface area contributed by atoms with E-state index in [1.807, 2.05) is 7.05 Å². The second kappa shape index (κ2) is 6.08. The quantitative estimate of drug-likeness (QED) is 0.786. The lowest BCUT2D eigenvalue weighted by Crippen LogP contribution is -2.48. The van der Waals surface area contributed by atoms with Crippen LogP contribution in [0.1, 0.15) is 46.0 Å². The summed E-state index contributed by atoms with van der Waals surface area (Å²) in [7, 11) is 1.84. The van der Waals surface area contributed by atoms with E-state index in [-0.39, 0.29) is 12.1 Å². The molecule has 118 valence electrons. The molecule has 5 nitrogen and oxygen atoms in total. The van der Waals surface area contributed by atoms with Crippen LogP contribution in [0.2, 0.25) is 0 Å². The van der Waals surface area contributed by atoms with Gasteiger partial charge in [-0.15, -0.1) is 0 Å². The highest BCUT2D eigenvalue weighted by atomic mass is 16.4. The van der Waals surface area contributed by atoms with Crippen molar-refractivity contribution >= 4 is 12.0 Å². The van der Waals surface area contributed by atoms with Crippen LogP contribution in [0.4, 0.5) is 4.79 Å². The van der Waals surface area contributed by atoms with Crippen molar-refractivity contribution in [3.63, 3.8) is 0 Å². The number of carboxylic acids is 1. The van der Waals surface area contributed by atoms with Crippen LogP contribution in [0.25, 0.3) is 0 Å². The molecule has 2 N–H and O–H groups in total. The van der Waals surface area contributed by atoms with E-state index in [0.717, 1.165) is 25.7 Å². The number of carbonyl (C=O) groups excluding carboxylic acids is 1. The highest BCUT2D eigenvalue weighted by Gasteiger charge is 2.32. The second-order valence-corrected chi connectivity index (χ2v) is 7.13. The molecule has 0 bridgehead atoms. The molecule has 2 rings (SSSR count). The van der Waals surface area contributed by atoms with E-state index in [1.54, 1.807) is 17.1 Å². The molecule has 2 aliphatic rings. The predicted octanol–water partition coefficient (Wildman–Crippen LogP) is 2.63. The van der Waals surface area contributed by atoms with Gasteiger partial charge in [0, 0.05) is 13.1 Å². The molecule has 0 aromatic carbocycles. The monoisotopic (exact) mass is 294 g/mol. The zero-order chi connectivity index (χ0) is 15.6. The lowest BCUT2D eigenvalue weighted by Gasteiger charge is -2.38. The molecule has 1 saturated carbocycles. The van der Waals surface area contributed by atoms with Gasteiger partial charge in [-0.2, -0.15) is 0 Å². The SMILES string of the molecule is CN(C(=O)NC1C=CC(C(=O)O)C1)C1CCC(C)(C)CC1. The number of urea groups is 1. The first kappa shape index (κ1) is 15.9. The maximum Gasteiger partial charge on any atom is 0.317 e. The molecule has 0 heterocycles. The summed E-state index contributed by atoms with van der Waals surface area (Å²) in [6, 6.07) is 0.0279. The average molecular weight is 294 g/mol. The Morgan fingerprint density at radius 1 is 1.24 bits per heavy atom. The number of nitrogens with one attached hydrogen (secondary N) is 1. The minimum absolute atomic E-state index is 0.0969. The Hall–Kier alpha value is -1.52. The number of nitrogens with zero attached hydrogens (tertiary/aromatic N) is 1. The zero-order valence-corrected chi connectivity index (χ0v) is 13.1. The average Bonchev–Trinajstić information content (AvgIpc) is 2.86. The van der Waals surface area contributed by atoms with Crippen molar-refractivity contribution in [2.45, 2.75) is 58.0 Å². The highest BCUT2D eigenvalue weighted by molar-refractivity contribution is 5.76. The van der Waals surface area contributed by atoms with Crippen LogP contribution in [-0.4, -0.2) is 41.1 Å². The molecule has 2 amide bonds. The molecule has 5 heteroatoms. The van der Waals surface area contributed by atoms with Crippen LogP contribution in [-0.2, 0) is 4.79 Å². The van der Waals surface area contributed by atoms with Crippen molar-refractivity contribution in [3.8, 4) is 0 Å². The summed E-state index contributed by atoms with van der Waals surface area (Å²) in [5, 5.41) is 11.9. The molecule has 21 heavy (non-hydrogen) atoms. The molecule has 2 aliphatic carbocycles. The number of amides is 2. The van der Waals surface area contributed by atoms with Crippen LogP contribution in [0, 0.1) is 11.3 Å². The van der Waals surface area contributed by atoms with Gasteiger partial charge >= 0.3 is 12.0 Å². The molecule has 2 unspecified atom stereocenters. The molecule has 2 atom stereocenters. The van der Waals surface area contributed by atoms with Crippen molar-refractivity contribution < 1.29 is 14.7 Å². The van der Waals surface area contributed by atoms with E-state index < -0.39 is 11.9 Å². The molecule has 0 spiro atoms. The van der Waals surface area contributed by atoms with Gasteiger partial charge in [-0.05, 0) is 37.5 Å². The van der Waals surface area contributed by atoms with Gasteiger partial charge in [-0.25, -0.2) is 4.79 Å². The topological polar surface area (TPSA) is 69.6 Å². The number of rotatable bonds is 3. The molecule has 0 aliphatic heterocycles. The first-order valence-corrected chi connectivity index (χ1v) is 7.73. The van der Waals surface area contributed by atoms with Crippen LogP contribution in [0.5, 0.6) is 0 Å². The van der Waals surface area contributed by atoms with Crippen LogP contribution < -0.4 is 5.32 Å². The minimum atomic E-state index is -0.828. The van der Waals surface area contributed by atoms with Gasteiger partial charge in [0.15, 0.2) is 0 Å². The molecule has 0 radical (unpaired) electrons. The molecular formula is C16H26N2O3. The maximum atomic E-state index is 12.3. The van der Waals surface area contributed by atoms with Gasteiger partial charge in [0.05, 0.1) is 12.0 Å². The highest BCUT2D eigenvalue weighted by Crippen LogP contribution is 2.36. The fourth-order valence-corrected chi connectivity index (χ4v) is 3.19. The molecule has 0 aromatic heterocycles. The Bertz CT molecular complexity index is 435. The molecule has 0 saturated heterocycles. The lowest BCUT2D eigenvalue weighted by atomic mass is 9.75. The minimum Gasteiger partial charge on any atom is -0.481 e. The molecular weight excluding hydrogens is 268 g/mol. The number of hydrogen-bond donors (Lipinski definition) is 2. The zero-order valence-electron chi connectivity index (χ0n) is 13.1. The van der Waals surface area contributed by atoms with Gasteiger partial charge < -0.3 is 15.3 Å². The fraction of sp³-hybridized carbons (Fsp3) is 0.750. The van der Waals surface area contributed by atoms with Gasteiger partial charge in [-0.3, -0.25) is 4.79 Å². The smallest absolute Gasteiger partial charge is 0.317 e. The fourth-order valence-electron chi connectivity index (χ4n) is 3.19. The Balaban J connectivity index is 1.81. The summed E-state index contributed by atoms with van der Waals surface area (Å²) < 4.78 is 0. The number of aliphatic carboxylic acids is 1. The van der Waals surface area contributed by atoms with E-state index in [1.165, 1.54) is 0 Å². The number of carbonyl (C=O) groups is 2. The third-order valence-electron chi connectivity index (χ3n) is 4.89. The van der Waals surface area contributed by atoms with Crippen molar-refractivity contribution in [2.75, 3.05) is 7.05 Å².